The van der Waals surface area contributed by atoms with Gasteiger partial charge >= 0.3 is 0 Å². The van der Waals surface area contributed by atoms with Gasteiger partial charge in [-0.1, -0.05) is 29.3 Å². The van der Waals surface area contributed by atoms with E-state index in [0.29, 0.717) is 23.0 Å². The van der Waals surface area contributed by atoms with E-state index in [9.17, 15) is 14.5 Å². The molecule has 0 bridgehead atoms. The molecule has 21 heavy (non-hydrogen) atoms. The highest BCUT2D eigenvalue weighted by Gasteiger charge is 2.14. The van der Waals surface area contributed by atoms with E-state index < -0.39 is 10.7 Å². The van der Waals surface area contributed by atoms with E-state index >= 15 is 0 Å². The van der Waals surface area contributed by atoms with Crippen LogP contribution in [0.2, 0.25) is 10.0 Å². The van der Waals surface area contributed by atoms with Crippen molar-refractivity contribution in [3.05, 3.63) is 67.9 Å². The van der Waals surface area contributed by atoms with E-state index in [4.69, 9.17) is 23.2 Å². The number of halogens is 3. The van der Waals surface area contributed by atoms with E-state index in [-0.39, 0.29) is 11.4 Å². The Morgan fingerprint density at radius 2 is 1.95 bits per heavy atom. The van der Waals surface area contributed by atoms with Crippen LogP contribution in [-0.2, 0) is 6.42 Å². The zero-order valence-electron chi connectivity index (χ0n) is 10.8. The Morgan fingerprint density at radius 1 is 1.19 bits per heavy atom. The number of anilines is 1. The molecule has 0 aliphatic heterocycles. The quantitative estimate of drug-likeness (QED) is 0.639. The lowest BCUT2D eigenvalue weighted by Crippen LogP contribution is -2.07. The topological polar surface area (TPSA) is 55.2 Å². The van der Waals surface area contributed by atoms with Crippen LogP contribution in [0.15, 0.2) is 36.4 Å². The number of rotatable bonds is 5. The molecule has 0 heterocycles. The highest BCUT2D eigenvalue weighted by atomic mass is 35.5. The molecule has 0 spiro atoms. The molecule has 0 aliphatic rings. The average molecular weight is 329 g/mol. The van der Waals surface area contributed by atoms with E-state index in [1.807, 2.05) is 0 Å². The number of nitrogens with one attached hydrogen (secondary N) is 1. The zero-order valence-corrected chi connectivity index (χ0v) is 12.3. The van der Waals surface area contributed by atoms with Gasteiger partial charge in [-0.15, -0.1) is 0 Å². The highest BCUT2D eigenvalue weighted by molar-refractivity contribution is 6.35. The second kappa shape index (κ2) is 6.74. The number of nitro benzene ring substituents is 1. The van der Waals surface area contributed by atoms with Crippen LogP contribution in [0.5, 0.6) is 0 Å². The van der Waals surface area contributed by atoms with E-state index in [1.165, 1.54) is 12.1 Å². The molecule has 0 fully saturated rings. The third kappa shape index (κ3) is 4.06. The van der Waals surface area contributed by atoms with E-state index in [2.05, 4.69) is 5.32 Å². The summed E-state index contributed by atoms with van der Waals surface area (Å²) in [4.78, 5) is 10.2. The van der Waals surface area contributed by atoms with Gasteiger partial charge in [-0.25, -0.2) is 4.39 Å². The number of benzene rings is 2. The van der Waals surface area contributed by atoms with Gasteiger partial charge in [0.15, 0.2) is 0 Å². The van der Waals surface area contributed by atoms with Crippen molar-refractivity contribution >= 4 is 34.6 Å². The Hall–Kier alpha value is -1.85. The maximum absolute atomic E-state index is 13.0. The number of nitrogens with zero attached hydrogens (tertiary/aromatic N) is 1. The Labute approximate surface area is 130 Å². The van der Waals surface area contributed by atoms with Gasteiger partial charge in [0.05, 0.1) is 11.0 Å². The molecule has 0 atom stereocenters. The van der Waals surface area contributed by atoms with Crippen molar-refractivity contribution in [1.82, 2.24) is 0 Å². The average Bonchev–Trinajstić information content (AvgIpc) is 2.42. The van der Waals surface area contributed by atoms with Crippen LogP contribution in [0.4, 0.5) is 15.8 Å². The molecule has 0 aliphatic carbocycles. The predicted molar refractivity (Wildman–Crippen MR) is 81.7 cm³/mol. The van der Waals surface area contributed by atoms with Crippen molar-refractivity contribution in [3.63, 3.8) is 0 Å². The summed E-state index contributed by atoms with van der Waals surface area (Å²) in [5.41, 5.74) is 0.849. The Kier molecular flexibility index (Phi) is 4.98. The van der Waals surface area contributed by atoms with Crippen LogP contribution in [0.25, 0.3) is 0 Å². The molecule has 110 valence electrons. The first kappa shape index (κ1) is 15.5. The second-order valence-corrected chi connectivity index (χ2v) is 5.17. The first-order valence-electron chi connectivity index (χ1n) is 6.09. The number of nitro groups is 1. The van der Waals surface area contributed by atoms with Gasteiger partial charge < -0.3 is 5.32 Å². The summed E-state index contributed by atoms with van der Waals surface area (Å²) in [6, 6.07) is 8.56. The fourth-order valence-corrected chi connectivity index (χ4v) is 2.36. The molecule has 2 rings (SSSR count). The summed E-state index contributed by atoms with van der Waals surface area (Å²) in [5, 5.41) is 14.9. The van der Waals surface area contributed by atoms with Gasteiger partial charge in [0.1, 0.15) is 11.5 Å². The monoisotopic (exact) mass is 328 g/mol. The molecular weight excluding hydrogens is 318 g/mol. The number of hydrogen-bond donors (Lipinski definition) is 1. The minimum atomic E-state index is -0.645. The molecule has 0 unspecified atom stereocenters. The molecule has 4 nitrogen and oxygen atoms in total. The van der Waals surface area contributed by atoms with E-state index in [1.54, 1.807) is 18.2 Å². The molecule has 0 amide bonds. The normalized spacial score (nSPS) is 10.4. The molecule has 7 heteroatoms. The summed E-state index contributed by atoms with van der Waals surface area (Å²) in [7, 11) is 0. The van der Waals surface area contributed by atoms with Crippen molar-refractivity contribution < 1.29 is 9.31 Å². The number of hydrogen-bond acceptors (Lipinski definition) is 3. The standard InChI is InChI=1S/C14H11Cl2FN2O2/c15-10-2-1-9(12(16)7-10)5-6-18-13-4-3-11(17)8-14(13)19(20)21/h1-4,7-8,18H,5-6H2. The zero-order chi connectivity index (χ0) is 15.4. The fraction of sp³-hybridized carbons (Fsp3) is 0.143. The van der Waals surface area contributed by atoms with Crippen molar-refractivity contribution in [2.24, 2.45) is 0 Å². The predicted octanol–water partition coefficient (Wildman–Crippen LogP) is 4.70. The summed E-state index contributed by atoms with van der Waals surface area (Å²) in [6.45, 7) is 0.424. The first-order chi connectivity index (χ1) is 9.97. The molecule has 0 saturated heterocycles. The lowest BCUT2D eigenvalue weighted by Gasteiger charge is -2.08. The summed E-state index contributed by atoms with van der Waals surface area (Å²) in [6.07, 6.45) is 0.560. The highest BCUT2D eigenvalue weighted by Crippen LogP contribution is 2.25. The van der Waals surface area contributed by atoms with Gasteiger partial charge in [-0.3, -0.25) is 10.1 Å². The molecule has 0 radical (unpaired) electrons. The van der Waals surface area contributed by atoms with Crippen molar-refractivity contribution in [1.29, 1.82) is 0 Å². The molecule has 2 aromatic rings. The van der Waals surface area contributed by atoms with Crippen LogP contribution < -0.4 is 5.32 Å². The summed E-state index contributed by atoms with van der Waals surface area (Å²) < 4.78 is 13.0. The van der Waals surface area contributed by atoms with Crippen molar-refractivity contribution in [2.75, 3.05) is 11.9 Å². The molecule has 0 saturated carbocycles. The second-order valence-electron chi connectivity index (χ2n) is 4.33. The summed E-state index contributed by atoms with van der Waals surface area (Å²) in [5.74, 6) is -0.645. The summed E-state index contributed by atoms with van der Waals surface area (Å²) >= 11 is 11.9. The third-order valence-electron chi connectivity index (χ3n) is 2.88. The first-order valence-corrected chi connectivity index (χ1v) is 6.84. The Morgan fingerprint density at radius 3 is 2.62 bits per heavy atom. The van der Waals surface area contributed by atoms with Crippen LogP contribution in [0.3, 0.4) is 0 Å². The van der Waals surface area contributed by atoms with Crippen molar-refractivity contribution in [2.45, 2.75) is 6.42 Å². The maximum atomic E-state index is 13.0. The maximum Gasteiger partial charge on any atom is 0.295 e. The smallest absolute Gasteiger partial charge is 0.295 e. The molecule has 1 N–H and O–H groups in total. The Bertz CT molecular complexity index is 680. The minimum Gasteiger partial charge on any atom is -0.379 e. The van der Waals surface area contributed by atoms with Gasteiger partial charge in [-0.05, 0) is 36.2 Å². The minimum absolute atomic E-state index is 0.270. The molecule has 0 aromatic heterocycles. The van der Waals surface area contributed by atoms with Crippen LogP contribution in [0, 0.1) is 15.9 Å². The van der Waals surface area contributed by atoms with Crippen molar-refractivity contribution in [3.8, 4) is 0 Å². The Balaban J connectivity index is 2.05. The van der Waals surface area contributed by atoms with Crippen LogP contribution >= 0.6 is 23.2 Å². The van der Waals surface area contributed by atoms with Crippen LogP contribution in [0.1, 0.15) is 5.56 Å². The fourth-order valence-electron chi connectivity index (χ4n) is 1.86. The molecular formula is C14H11Cl2FN2O2. The van der Waals surface area contributed by atoms with Gasteiger partial charge in [0.25, 0.3) is 5.69 Å². The van der Waals surface area contributed by atoms with E-state index in [0.717, 1.165) is 11.6 Å². The SMILES string of the molecule is O=[N+]([O-])c1cc(F)ccc1NCCc1ccc(Cl)cc1Cl. The van der Waals surface area contributed by atoms with Gasteiger partial charge in [0, 0.05) is 16.6 Å². The van der Waals surface area contributed by atoms with Gasteiger partial charge in [0.2, 0.25) is 0 Å². The van der Waals surface area contributed by atoms with Gasteiger partial charge in [-0.2, -0.15) is 0 Å². The largest absolute Gasteiger partial charge is 0.379 e. The molecule has 2 aromatic carbocycles. The third-order valence-corrected chi connectivity index (χ3v) is 3.47. The lowest BCUT2D eigenvalue weighted by atomic mass is 10.1. The lowest BCUT2D eigenvalue weighted by molar-refractivity contribution is -0.384. The van der Waals surface area contributed by atoms with Crippen LogP contribution in [-0.4, -0.2) is 11.5 Å².